The van der Waals surface area contributed by atoms with Crippen molar-refractivity contribution >= 4 is 5.69 Å². The molecule has 1 rings (SSSR count). The molecule has 0 fully saturated rings. The van der Waals surface area contributed by atoms with Crippen LogP contribution in [-0.4, -0.2) is 19.8 Å². The Bertz CT molecular complexity index is 441. The van der Waals surface area contributed by atoms with E-state index in [1.165, 1.54) is 12.1 Å². The van der Waals surface area contributed by atoms with Gasteiger partial charge in [0.1, 0.15) is 0 Å². The van der Waals surface area contributed by atoms with Crippen molar-refractivity contribution < 1.29 is 23.7 Å². The summed E-state index contributed by atoms with van der Waals surface area (Å²) in [7, 11) is 0. The van der Waals surface area contributed by atoms with E-state index >= 15 is 0 Å². The number of halogens is 1. The molecule has 0 N–H and O–H groups in total. The molecule has 0 saturated heterocycles. The molecule has 0 aromatic heterocycles. The van der Waals surface area contributed by atoms with Crippen molar-refractivity contribution in [3.8, 4) is 11.5 Å². The third kappa shape index (κ3) is 3.88. The van der Waals surface area contributed by atoms with Crippen LogP contribution in [0.15, 0.2) is 17.3 Å². The van der Waals surface area contributed by atoms with E-state index in [4.69, 9.17) is 14.2 Å². The summed E-state index contributed by atoms with van der Waals surface area (Å²) in [6, 6.07) is 2.85. The molecule has 0 spiro atoms. The number of hydrogen-bond donors (Lipinski definition) is 0. The van der Waals surface area contributed by atoms with Crippen LogP contribution in [-0.2, 0) is 9.68 Å². The van der Waals surface area contributed by atoms with E-state index in [1.807, 2.05) is 0 Å². The summed E-state index contributed by atoms with van der Waals surface area (Å²) in [5.74, 6) is 0.519. The predicted molar refractivity (Wildman–Crippen MR) is 70.8 cm³/mol. The van der Waals surface area contributed by atoms with Crippen LogP contribution in [0, 0.1) is 4.91 Å². The Kier molecular flexibility index (Phi) is 6.89. The molecule has 1 aromatic rings. The molecular weight excluding hydrogens is 269 g/mol. The van der Waals surface area contributed by atoms with Gasteiger partial charge in [-0.15, -0.1) is 4.91 Å². The molecule has 0 aliphatic rings. The van der Waals surface area contributed by atoms with Crippen LogP contribution in [0.2, 0.25) is 0 Å². The summed E-state index contributed by atoms with van der Waals surface area (Å²) >= 11 is 0. The van der Waals surface area contributed by atoms with Crippen molar-refractivity contribution in [3.05, 3.63) is 22.6 Å². The number of rotatable bonds is 9. The molecule has 0 radical (unpaired) electrons. The monoisotopic (exact) mass is 287 g/mol. The van der Waals surface area contributed by atoms with Gasteiger partial charge in [0.15, 0.2) is 17.2 Å². The smallest absolute Gasteiger partial charge is 0.223 e. The Hall–Kier alpha value is -1.73. The summed E-state index contributed by atoms with van der Waals surface area (Å²) in [5.41, 5.74) is 0.297. The second-order valence-electron chi connectivity index (χ2n) is 3.70. The van der Waals surface area contributed by atoms with Gasteiger partial charge in [0.25, 0.3) is 0 Å². The van der Waals surface area contributed by atoms with E-state index in [1.54, 1.807) is 20.8 Å². The summed E-state index contributed by atoms with van der Waals surface area (Å²) in [4.78, 5) is 14.7. The normalized spacial score (nSPS) is 12.0. The lowest BCUT2D eigenvalue weighted by Crippen LogP contribution is -2.06. The summed E-state index contributed by atoms with van der Waals surface area (Å²) < 4.78 is 28.3. The first-order valence-electron chi connectivity index (χ1n) is 6.37. The van der Waals surface area contributed by atoms with Crippen LogP contribution in [0.4, 0.5) is 10.2 Å². The first-order chi connectivity index (χ1) is 9.71. The number of nitrogens with zero attached hydrogens (tertiary/aromatic N) is 1. The number of nitroso groups, excluding NO2 is 1. The molecule has 0 aliphatic carbocycles. The van der Waals surface area contributed by atoms with Gasteiger partial charge in [0.05, 0.1) is 13.2 Å². The van der Waals surface area contributed by atoms with Crippen molar-refractivity contribution in [1.82, 2.24) is 0 Å². The summed E-state index contributed by atoms with van der Waals surface area (Å²) in [6.07, 6.45) is -1.24. The topological polar surface area (TPSA) is 66.3 Å². The highest BCUT2D eigenvalue weighted by molar-refractivity contribution is 5.62. The maximum atomic E-state index is 12.5. The Labute approximate surface area is 116 Å². The molecule has 6 nitrogen and oxygen atoms in total. The van der Waals surface area contributed by atoms with Gasteiger partial charge >= 0.3 is 0 Å². The van der Waals surface area contributed by atoms with Crippen molar-refractivity contribution in [1.29, 1.82) is 0 Å². The van der Waals surface area contributed by atoms with Crippen LogP contribution in [0.3, 0.4) is 0 Å². The minimum atomic E-state index is -1.24. The summed E-state index contributed by atoms with van der Waals surface area (Å²) in [5, 5.41) is 2.88. The first kappa shape index (κ1) is 16.3. The van der Waals surface area contributed by atoms with Gasteiger partial charge < -0.3 is 14.2 Å². The second kappa shape index (κ2) is 8.44. The van der Waals surface area contributed by atoms with Gasteiger partial charge in [-0.1, -0.05) is 0 Å². The quantitative estimate of drug-likeness (QED) is 0.510. The van der Waals surface area contributed by atoms with E-state index in [-0.39, 0.29) is 23.6 Å². The Morgan fingerprint density at radius 3 is 2.35 bits per heavy atom. The van der Waals surface area contributed by atoms with E-state index in [0.29, 0.717) is 19.0 Å². The van der Waals surface area contributed by atoms with Crippen LogP contribution >= 0.6 is 0 Å². The minimum absolute atomic E-state index is 0.00885. The average Bonchev–Trinajstić information content (AvgIpc) is 2.46. The van der Waals surface area contributed by atoms with Crippen LogP contribution in [0.1, 0.15) is 32.6 Å². The summed E-state index contributed by atoms with van der Waals surface area (Å²) in [6.45, 7) is 6.20. The van der Waals surface area contributed by atoms with E-state index in [0.717, 1.165) is 0 Å². The predicted octanol–water partition coefficient (Wildman–Crippen LogP) is 3.82. The number of hydrogen-bond acceptors (Lipinski definition) is 6. The molecule has 1 unspecified atom stereocenters. The third-order valence-corrected chi connectivity index (χ3v) is 2.42. The average molecular weight is 287 g/mol. The molecule has 7 heteroatoms. The molecule has 0 amide bonds. The van der Waals surface area contributed by atoms with E-state index in [9.17, 15) is 9.43 Å². The highest BCUT2D eigenvalue weighted by atomic mass is 19.3. The molecule has 1 atom stereocenters. The van der Waals surface area contributed by atoms with Crippen molar-refractivity contribution in [2.75, 3.05) is 19.8 Å². The van der Waals surface area contributed by atoms with Gasteiger partial charge in [-0.25, -0.2) is 0 Å². The van der Waals surface area contributed by atoms with Gasteiger partial charge in [-0.05, 0) is 42.6 Å². The van der Waals surface area contributed by atoms with Crippen molar-refractivity contribution in [2.45, 2.75) is 27.1 Å². The molecule has 1 aromatic carbocycles. The van der Waals surface area contributed by atoms with Crippen molar-refractivity contribution in [2.24, 2.45) is 5.18 Å². The van der Waals surface area contributed by atoms with E-state index in [2.05, 4.69) is 10.1 Å². The lowest BCUT2D eigenvalue weighted by molar-refractivity contribution is -0.278. The fourth-order valence-corrected chi connectivity index (χ4v) is 1.69. The van der Waals surface area contributed by atoms with Crippen LogP contribution in [0.25, 0.3) is 0 Å². The highest BCUT2D eigenvalue weighted by Crippen LogP contribution is 2.41. The number of ether oxygens (including phenoxy) is 3. The molecule has 20 heavy (non-hydrogen) atoms. The third-order valence-electron chi connectivity index (χ3n) is 2.42. The Balaban J connectivity index is 3.26. The van der Waals surface area contributed by atoms with E-state index < -0.39 is 6.29 Å². The fraction of sp³-hybridized carbons (Fsp3) is 0.538. The lowest BCUT2D eigenvalue weighted by Gasteiger charge is -2.17. The number of benzene rings is 1. The molecule has 0 saturated carbocycles. The van der Waals surface area contributed by atoms with Crippen LogP contribution < -0.4 is 9.47 Å². The largest absolute Gasteiger partial charge is 0.490 e. The molecule has 0 heterocycles. The van der Waals surface area contributed by atoms with Gasteiger partial charge in [-0.2, -0.15) is 4.94 Å². The first-order valence-corrected chi connectivity index (χ1v) is 6.37. The minimum Gasteiger partial charge on any atom is -0.490 e. The zero-order valence-corrected chi connectivity index (χ0v) is 11.7. The zero-order valence-electron chi connectivity index (χ0n) is 11.7. The standard InChI is InChI=1S/C13H18FNO5/c1-4-17-11-8-9(13(20-14)19-6-3)7-10(15-16)12(11)18-5-2/h7-8,13H,4-6H2,1-3H3. The fourth-order valence-electron chi connectivity index (χ4n) is 1.69. The van der Waals surface area contributed by atoms with Gasteiger partial charge in [-0.3, -0.25) is 0 Å². The molecular formula is C13H18FNO5. The van der Waals surface area contributed by atoms with Gasteiger partial charge in [0, 0.05) is 12.2 Å². The zero-order chi connectivity index (χ0) is 15.0. The Morgan fingerprint density at radius 1 is 1.15 bits per heavy atom. The second-order valence-corrected chi connectivity index (χ2v) is 3.70. The highest BCUT2D eigenvalue weighted by Gasteiger charge is 2.20. The maximum absolute atomic E-state index is 12.5. The van der Waals surface area contributed by atoms with Crippen molar-refractivity contribution in [3.63, 3.8) is 0 Å². The molecule has 0 aliphatic heterocycles. The SMILES string of the molecule is CCOc1cc(C(OF)OCC)cc(N=O)c1OCC. The lowest BCUT2D eigenvalue weighted by atomic mass is 10.1. The molecule has 0 bridgehead atoms. The molecule has 112 valence electrons. The van der Waals surface area contributed by atoms with Crippen LogP contribution in [0.5, 0.6) is 11.5 Å². The maximum Gasteiger partial charge on any atom is 0.223 e. The van der Waals surface area contributed by atoms with Gasteiger partial charge in [0.2, 0.25) is 6.29 Å². The Morgan fingerprint density at radius 2 is 1.85 bits per heavy atom.